The molecule has 0 amide bonds. The van der Waals surface area contributed by atoms with Gasteiger partial charge in [-0.05, 0) is 188 Å². The summed E-state index contributed by atoms with van der Waals surface area (Å²) in [6.45, 7) is 39.3. The Morgan fingerprint density at radius 1 is 0.269 bits per heavy atom. The van der Waals surface area contributed by atoms with E-state index in [0.29, 0.717) is 26.4 Å². The molecular formula is C82H112N7O4+3. The molecule has 3 aromatic heterocycles. The molecule has 0 aliphatic carbocycles. The van der Waals surface area contributed by atoms with Gasteiger partial charge in [-0.15, -0.1) is 0 Å². The summed E-state index contributed by atoms with van der Waals surface area (Å²) in [6, 6.07) is 43.2. The topological polar surface area (TPSA) is 94.3 Å². The Balaban J connectivity index is 1.15. The van der Waals surface area contributed by atoms with E-state index in [0.717, 1.165) is 230 Å². The molecule has 0 spiro atoms. The Morgan fingerprint density at radius 3 is 0.731 bits per heavy atom. The second-order valence-electron chi connectivity index (χ2n) is 25.9. The molecule has 2 aliphatic heterocycles. The molecule has 2 aliphatic rings. The van der Waals surface area contributed by atoms with E-state index >= 15 is 0 Å². The summed E-state index contributed by atoms with van der Waals surface area (Å²) < 4.78 is 29.1. The molecule has 9 rings (SSSR count). The van der Waals surface area contributed by atoms with Crippen LogP contribution in [0.2, 0.25) is 0 Å². The molecule has 0 saturated heterocycles. The molecule has 2 N–H and O–H groups in total. The highest BCUT2D eigenvalue weighted by atomic mass is 16.5. The molecule has 7 aromatic rings. The predicted octanol–water partition coefficient (Wildman–Crippen LogP) is 20.2. The van der Waals surface area contributed by atoms with E-state index in [4.69, 9.17) is 28.9 Å². The van der Waals surface area contributed by atoms with Gasteiger partial charge in [-0.1, -0.05) is 107 Å². The van der Waals surface area contributed by atoms with Gasteiger partial charge in [-0.25, -0.2) is 9.97 Å². The Kier molecular flexibility index (Phi) is 26.0. The lowest BCUT2D eigenvalue weighted by molar-refractivity contribution is -0.923. The second-order valence-corrected chi connectivity index (χ2v) is 25.9. The van der Waals surface area contributed by atoms with Crippen molar-refractivity contribution >= 4 is 46.4 Å². The number of rotatable bonds is 39. The largest absolute Gasteiger partial charge is 0.494 e. The molecule has 11 heteroatoms. The van der Waals surface area contributed by atoms with Gasteiger partial charge in [0.05, 0.1) is 128 Å². The van der Waals surface area contributed by atoms with E-state index in [1.807, 2.05) is 0 Å². The molecule has 0 radical (unpaired) electrons. The molecule has 8 bridgehead atoms. The average molecular weight is 1260 g/mol. The van der Waals surface area contributed by atoms with Crippen molar-refractivity contribution in [2.24, 2.45) is 0 Å². The third-order valence-electron chi connectivity index (χ3n) is 21.0. The van der Waals surface area contributed by atoms with Crippen molar-refractivity contribution in [3.63, 3.8) is 0 Å². The predicted molar refractivity (Wildman–Crippen MR) is 394 cm³/mol. The number of hydrogen-bond acceptors (Lipinski definition) is 6. The first-order valence-corrected chi connectivity index (χ1v) is 36.2. The fourth-order valence-corrected chi connectivity index (χ4v) is 14.1. The SMILES string of the molecule is CCCCCCCCCCCOc1ccc(-c2c3nc(c(-c4ccc(OCCC[N+](CC)(CC)CC)cc4)c4ccc([nH]4)c(-c4ccc(OCCC[N+](CC)(CC)CC)cc4)c4nc(c(-c5ccc(OCCC[N+](CC)(CC)CC)cc5)c5ccc2[nH]5)C=C4)C=C3)cc1. The first kappa shape index (κ1) is 69.9. The molecular weight excluding hydrogens is 1150 g/mol. The van der Waals surface area contributed by atoms with Crippen molar-refractivity contribution in [2.45, 2.75) is 146 Å². The number of nitrogens with one attached hydrogen (secondary N) is 2. The van der Waals surface area contributed by atoms with Crippen LogP contribution < -0.4 is 18.9 Å². The fraction of sp³-hybridized carbons (Fsp3) is 0.463. The molecule has 93 heavy (non-hydrogen) atoms. The van der Waals surface area contributed by atoms with Gasteiger partial charge in [0.1, 0.15) is 23.0 Å². The maximum absolute atomic E-state index is 6.47. The van der Waals surface area contributed by atoms with E-state index < -0.39 is 0 Å². The van der Waals surface area contributed by atoms with Crippen LogP contribution in [0.15, 0.2) is 121 Å². The van der Waals surface area contributed by atoms with Crippen LogP contribution in [0.1, 0.15) is 169 Å². The molecule has 0 fully saturated rings. The summed E-state index contributed by atoms with van der Waals surface area (Å²) in [5.74, 6) is 3.46. The van der Waals surface area contributed by atoms with Crippen molar-refractivity contribution < 1.29 is 32.4 Å². The van der Waals surface area contributed by atoms with Crippen molar-refractivity contribution in [3.8, 4) is 67.5 Å². The van der Waals surface area contributed by atoms with Gasteiger partial charge >= 0.3 is 0 Å². The first-order chi connectivity index (χ1) is 45.5. The number of aromatic amines is 2. The van der Waals surface area contributed by atoms with Crippen LogP contribution in [0.4, 0.5) is 0 Å². The Bertz CT molecular complexity index is 3570. The summed E-state index contributed by atoms with van der Waals surface area (Å²) in [6.07, 6.45) is 23.2. The molecule has 5 heterocycles. The Hall–Kier alpha value is -7.44. The van der Waals surface area contributed by atoms with Gasteiger partial charge in [-0.2, -0.15) is 0 Å². The Morgan fingerprint density at radius 2 is 0.495 bits per heavy atom. The zero-order valence-corrected chi connectivity index (χ0v) is 58.5. The van der Waals surface area contributed by atoms with Gasteiger partial charge in [-0.3, -0.25) is 0 Å². The lowest BCUT2D eigenvalue weighted by atomic mass is 10.0. The minimum Gasteiger partial charge on any atom is -0.494 e. The van der Waals surface area contributed by atoms with E-state index in [-0.39, 0.29) is 0 Å². The van der Waals surface area contributed by atoms with Gasteiger partial charge in [0, 0.05) is 63.6 Å². The van der Waals surface area contributed by atoms with Crippen LogP contribution in [0.25, 0.3) is 90.9 Å². The molecule has 4 aromatic carbocycles. The minimum atomic E-state index is 0.673. The highest BCUT2D eigenvalue weighted by Gasteiger charge is 2.24. The number of benzene rings is 4. The third kappa shape index (κ3) is 17.9. The number of unbranched alkanes of at least 4 members (excludes halogenated alkanes) is 8. The molecule has 0 unspecified atom stereocenters. The number of H-pyrrole nitrogens is 2. The van der Waals surface area contributed by atoms with Crippen LogP contribution in [0, 0.1) is 0 Å². The van der Waals surface area contributed by atoms with Crippen molar-refractivity contribution in [1.82, 2.24) is 19.9 Å². The number of nitrogens with zero attached hydrogens (tertiary/aromatic N) is 5. The van der Waals surface area contributed by atoms with Crippen molar-refractivity contribution in [2.75, 3.05) is 105 Å². The molecule has 0 atom stereocenters. The van der Waals surface area contributed by atoms with Crippen LogP contribution in [-0.4, -0.2) is 138 Å². The van der Waals surface area contributed by atoms with E-state index in [1.54, 1.807) is 0 Å². The standard InChI is InChI=1S/C82H112N7O4/c1-11-21-22-23-24-25-26-27-28-59-90-67-40-32-63(33-41-67)79-71-48-50-73(83-71)80(64-34-42-68(43-35-64)91-60-29-56-87(12-2,13-3)14-4)75-52-54-77(85-75)82(66-38-46-70(47-39-66)93-62-31-58-89(18-8,19-9)20-10)78-55-53-76(86-78)81(74-51-49-72(79)84-74)65-36-44-69(45-37-65)92-61-30-57-88(15-5,16-6)17-7/h32-55,83,86H,11-31,56-62H2,1-10H3/q+3. The smallest absolute Gasteiger partial charge is 0.119 e. The number of fused-ring (bicyclic) bond motifs is 8. The number of quaternary nitrogens is 3. The zero-order chi connectivity index (χ0) is 65.5. The summed E-state index contributed by atoms with van der Waals surface area (Å²) in [5.41, 5.74) is 15.3. The third-order valence-corrected chi connectivity index (χ3v) is 21.0. The second kappa shape index (κ2) is 34.6. The zero-order valence-electron chi connectivity index (χ0n) is 58.5. The Labute approximate surface area is 558 Å². The monoisotopic (exact) mass is 1260 g/mol. The fourth-order valence-electron chi connectivity index (χ4n) is 14.1. The van der Waals surface area contributed by atoms with Gasteiger partial charge in [0.2, 0.25) is 0 Å². The highest BCUT2D eigenvalue weighted by Crippen LogP contribution is 2.40. The normalized spacial score (nSPS) is 12.5. The van der Waals surface area contributed by atoms with E-state index in [2.05, 4.69) is 225 Å². The minimum absolute atomic E-state index is 0.673. The number of ether oxygens (including phenoxy) is 4. The van der Waals surface area contributed by atoms with Crippen molar-refractivity contribution in [3.05, 3.63) is 144 Å². The van der Waals surface area contributed by atoms with Crippen molar-refractivity contribution in [1.29, 1.82) is 0 Å². The molecule has 496 valence electrons. The summed E-state index contributed by atoms with van der Waals surface area (Å²) in [4.78, 5) is 19.2. The number of hydrogen-bond donors (Lipinski definition) is 2. The van der Waals surface area contributed by atoms with Crippen LogP contribution in [0.5, 0.6) is 23.0 Å². The van der Waals surface area contributed by atoms with Crippen LogP contribution in [0.3, 0.4) is 0 Å². The summed E-state index contributed by atoms with van der Waals surface area (Å²) in [5, 5.41) is 0. The van der Waals surface area contributed by atoms with Gasteiger partial charge in [0.25, 0.3) is 0 Å². The van der Waals surface area contributed by atoms with Gasteiger partial charge in [0.15, 0.2) is 0 Å². The molecule has 11 nitrogen and oxygen atoms in total. The quantitative estimate of drug-likeness (QED) is 0.0294. The number of aromatic nitrogens is 4. The van der Waals surface area contributed by atoms with E-state index in [1.165, 1.54) is 51.4 Å². The summed E-state index contributed by atoms with van der Waals surface area (Å²) in [7, 11) is 0. The molecule has 0 saturated carbocycles. The lowest BCUT2D eigenvalue weighted by Gasteiger charge is -2.35. The first-order valence-electron chi connectivity index (χ1n) is 36.2. The van der Waals surface area contributed by atoms with Gasteiger partial charge < -0.3 is 42.4 Å². The summed E-state index contributed by atoms with van der Waals surface area (Å²) >= 11 is 0. The van der Waals surface area contributed by atoms with Crippen LogP contribution >= 0.6 is 0 Å². The maximum atomic E-state index is 6.47. The maximum Gasteiger partial charge on any atom is 0.119 e. The lowest BCUT2D eigenvalue weighted by Crippen LogP contribution is -2.48. The average Bonchev–Trinajstić information content (AvgIpc) is 1.65. The van der Waals surface area contributed by atoms with E-state index in [9.17, 15) is 0 Å². The highest BCUT2D eigenvalue weighted by molar-refractivity contribution is 6.00. The van der Waals surface area contributed by atoms with Crippen LogP contribution in [-0.2, 0) is 0 Å².